The molecule has 2 N–H and O–H groups in total. The smallest absolute Gasteiger partial charge is 0.328 e. The molecule has 3 amide bonds. The summed E-state index contributed by atoms with van der Waals surface area (Å²) in [7, 11) is 0. The van der Waals surface area contributed by atoms with Gasteiger partial charge in [0.1, 0.15) is 5.75 Å². The highest BCUT2D eigenvalue weighted by molar-refractivity contribution is 6.05. The van der Waals surface area contributed by atoms with Crippen molar-refractivity contribution in [3.8, 4) is 5.75 Å². The molecule has 1 fully saturated rings. The van der Waals surface area contributed by atoms with Crippen LogP contribution < -0.4 is 20.3 Å². The number of nitrogens with zero attached hydrogens (tertiary/aromatic N) is 1. The molecule has 0 unspecified atom stereocenters. The van der Waals surface area contributed by atoms with Gasteiger partial charge in [0.2, 0.25) is 5.91 Å². The Morgan fingerprint density at radius 1 is 1.29 bits per heavy atom. The number of carbonyl (C=O) groups is 2. The number of carbonyl (C=O) groups excluding carboxylic acids is 2. The third kappa shape index (κ3) is 4.46. The van der Waals surface area contributed by atoms with Gasteiger partial charge in [-0.05, 0) is 43.8 Å². The van der Waals surface area contributed by atoms with Crippen molar-refractivity contribution in [3.05, 3.63) is 24.3 Å². The van der Waals surface area contributed by atoms with Crippen molar-refractivity contribution in [2.24, 2.45) is 0 Å². The van der Waals surface area contributed by atoms with Crippen molar-refractivity contribution in [2.75, 3.05) is 31.1 Å². The zero-order valence-corrected chi connectivity index (χ0v) is 12.2. The molecule has 1 heterocycles. The Kier molecular flexibility index (Phi) is 5.57. The lowest BCUT2D eigenvalue weighted by Crippen LogP contribution is -2.49. The lowest BCUT2D eigenvalue weighted by molar-refractivity contribution is -0.120. The van der Waals surface area contributed by atoms with E-state index in [9.17, 15) is 9.59 Å². The molecule has 6 heteroatoms. The standard InChI is InChI=1S/C15H21N3O3/c1-2-16-9-3-11-21-13-6-4-12(5-7-13)18-10-8-14(19)17-15(18)20/h4-7,16H,2-3,8-11H2,1H3,(H,17,19,20). The number of rotatable bonds is 7. The molecular weight excluding hydrogens is 270 g/mol. The van der Waals surface area contributed by atoms with Crippen molar-refractivity contribution < 1.29 is 14.3 Å². The molecule has 2 rings (SSSR count). The van der Waals surface area contributed by atoms with Crippen LogP contribution in [0.5, 0.6) is 5.75 Å². The number of benzene rings is 1. The van der Waals surface area contributed by atoms with Crippen molar-refractivity contribution >= 4 is 17.6 Å². The summed E-state index contributed by atoms with van der Waals surface area (Å²) in [6.07, 6.45) is 1.28. The molecule has 0 atom stereocenters. The first-order valence-electron chi connectivity index (χ1n) is 7.25. The number of imide groups is 1. The molecule has 1 aliphatic rings. The van der Waals surface area contributed by atoms with Gasteiger partial charge in [-0.2, -0.15) is 0 Å². The van der Waals surface area contributed by atoms with E-state index >= 15 is 0 Å². The predicted octanol–water partition coefficient (Wildman–Crippen LogP) is 1.51. The third-order valence-electron chi connectivity index (χ3n) is 3.22. The second kappa shape index (κ2) is 7.64. The van der Waals surface area contributed by atoms with Crippen LogP contribution in [0, 0.1) is 0 Å². The first-order valence-corrected chi connectivity index (χ1v) is 7.25. The van der Waals surface area contributed by atoms with E-state index < -0.39 is 0 Å². The normalized spacial score (nSPS) is 15.0. The molecule has 1 aliphatic heterocycles. The van der Waals surface area contributed by atoms with Crippen LogP contribution in [0.4, 0.5) is 10.5 Å². The van der Waals surface area contributed by atoms with Crippen LogP contribution in [0.2, 0.25) is 0 Å². The van der Waals surface area contributed by atoms with Crippen molar-refractivity contribution in [1.82, 2.24) is 10.6 Å². The monoisotopic (exact) mass is 291 g/mol. The van der Waals surface area contributed by atoms with Gasteiger partial charge in [0.05, 0.1) is 6.61 Å². The molecule has 0 bridgehead atoms. The molecule has 0 saturated carbocycles. The lowest BCUT2D eigenvalue weighted by Gasteiger charge is -2.26. The van der Waals surface area contributed by atoms with Gasteiger partial charge in [-0.15, -0.1) is 0 Å². The van der Waals surface area contributed by atoms with Crippen LogP contribution in [0.25, 0.3) is 0 Å². The largest absolute Gasteiger partial charge is 0.494 e. The quantitative estimate of drug-likeness (QED) is 0.747. The third-order valence-corrected chi connectivity index (χ3v) is 3.22. The molecule has 114 valence electrons. The number of urea groups is 1. The highest BCUT2D eigenvalue weighted by Crippen LogP contribution is 2.21. The minimum Gasteiger partial charge on any atom is -0.494 e. The van der Waals surface area contributed by atoms with E-state index in [1.807, 2.05) is 24.3 Å². The topological polar surface area (TPSA) is 70.7 Å². The molecule has 0 aliphatic carbocycles. The van der Waals surface area contributed by atoms with Gasteiger partial charge in [-0.3, -0.25) is 15.0 Å². The average molecular weight is 291 g/mol. The van der Waals surface area contributed by atoms with Crippen LogP contribution in [-0.2, 0) is 4.79 Å². The number of amides is 3. The van der Waals surface area contributed by atoms with Gasteiger partial charge in [0, 0.05) is 18.7 Å². The Bertz CT molecular complexity index is 487. The summed E-state index contributed by atoms with van der Waals surface area (Å²) >= 11 is 0. The SMILES string of the molecule is CCNCCCOc1ccc(N2CCC(=O)NC2=O)cc1. The summed E-state index contributed by atoms with van der Waals surface area (Å²) in [6.45, 7) is 5.05. The van der Waals surface area contributed by atoms with E-state index in [4.69, 9.17) is 4.74 Å². The van der Waals surface area contributed by atoms with Crippen molar-refractivity contribution in [2.45, 2.75) is 19.8 Å². The van der Waals surface area contributed by atoms with Crippen LogP contribution in [0.15, 0.2) is 24.3 Å². The molecule has 6 nitrogen and oxygen atoms in total. The van der Waals surface area contributed by atoms with E-state index in [1.165, 1.54) is 0 Å². The number of nitrogens with one attached hydrogen (secondary N) is 2. The van der Waals surface area contributed by atoms with E-state index in [2.05, 4.69) is 17.6 Å². The summed E-state index contributed by atoms with van der Waals surface area (Å²) in [5, 5.41) is 5.54. The Labute approximate surface area is 124 Å². The molecule has 0 radical (unpaired) electrons. The first kappa shape index (κ1) is 15.3. The Morgan fingerprint density at radius 3 is 2.71 bits per heavy atom. The maximum atomic E-state index is 11.7. The summed E-state index contributed by atoms with van der Waals surface area (Å²) < 4.78 is 5.63. The van der Waals surface area contributed by atoms with Gasteiger partial charge in [0.15, 0.2) is 0 Å². The highest BCUT2D eigenvalue weighted by Gasteiger charge is 2.23. The minimum atomic E-state index is -0.370. The number of ether oxygens (including phenoxy) is 1. The second-order valence-electron chi connectivity index (χ2n) is 4.80. The fraction of sp³-hybridized carbons (Fsp3) is 0.467. The molecule has 21 heavy (non-hydrogen) atoms. The van der Waals surface area contributed by atoms with Gasteiger partial charge >= 0.3 is 6.03 Å². The lowest BCUT2D eigenvalue weighted by atomic mass is 10.2. The summed E-state index contributed by atoms with van der Waals surface area (Å²) in [5.41, 5.74) is 0.764. The maximum absolute atomic E-state index is 11.7. The molecule has 1 aromatic rings. The number of hydrogen-bond acceptors (Lipinski definition) is 4. The van der Waals surface area contributed by atoms with E-state index in [0.29, 0.717) is 19.6 Å². The summed E-state index contributed by atoms with van der Waals surface area (Å²) in [5.74, 6) is 0.556. The Morgan fingerprint density at radius 2 is 2.05 bits per heavy atom. The fourth-order valence-electron chi connectivity index (χ4n) is 2.10. The van der Waals surface area contributed by atoms with Gasteiger partial charge in [-0.1, -0.05) is 6.92 Å². The van der Waals surface area contributed by atoms with Crippen LogP contribution in [0.1, 0.15) is 19.8 Å². The Hall–Kier alpha value is -2.08. The first-order chi connectivity index (χ1) is 10.2. The van der Waals surface area contributed by atoms with Gasteiger partial charge in [0.25, 0.3) is 0 Å². The van der Waals surface area contributed by atoms with Crippen LogP contribution >= 0.6 is 0 Å². The van der Waals surface area contributed by atoms with E-state index in [1.54, 1.807) is 4.90 Å². The predicted molar refractivity (Wildman–Crippen MR) is 80.6 cm³/mol. The van der Waals surface area contributed by atoms with E-state index in [0.717, 1.165) is 30.9 Å². The maximum Gasteiger partial charge on any atom is 0.328 e. The Balaban J connectivity index is 1.84. The number of anilines is 1. The molecule has 0 aromatic heterocycles. The average Bonchev–Trinajstić information content (AvgIpc) is 2.48. The zero-order valence-electron chi connectivity index (χ0n) is 12.2. The second-order valence-corrected chi connectivity index (χ2v) is 4.80. The van der Waals surface area contributed by atoms with E-state index in [-0.39, 0.29) is 11.9 Å². The van der Waals surface area contributed by atoms with Gasteiger partial charge in [-0.25, -0.2) is 4.79 Å². The summed E-state index contributed by atoms with van der Waals surface area (Å²) in [6, 6.07) is 6.97. The van der Waals surface area contributed by atoms with Crippen LogP contribution in [0.3, 0.4) is 0 Å². The number of hydrogen-bond donors (Lipinski definition) is 2. The zero-order chi connectivity index (χ0) is 15.1. The molecule has 0 spiro atoms. The van der Waals surface area contributed by atoms with Crippen molar-refractivity contribution in [1.29, 1.82) is 0 Å². The van der Waals surface area contributed by atoms with Crippen LogP contribution in [-0.4, -0.2) is 38.2 Å². The molecule has 1 saturated heterocycles. The molecular formula is C15H21N3O3. The minimum absolute atomic E-state index is 0.225. The van der Waals surface area contributed by atoms with Crippen molar-refractivity contribution in [3.63, 3.8) is 0 Å². The molecule has 1 aromatic carbocycles. The van der Waals surface area contributed by atoms with Gasteiger partial charge < -0.3 is 10.1 Å². The highest BCUT2D eigenvalue weighted by atomic mass is 16.5. The summed E-state index contributed by atoms with van der Waals surface area (Å²) in [4.78, 5) is 24.4. The fourth-order valence-corrected chi connectivity index (χ4v) is 2.10.